The number of halogens is 1. The van der Waals surface area contributed by atoms with Gasteiger partial charge >= 0.3 is 0 Å². The fraction of sp³-hybridized carbons (Fsp3) is 0.400. The lowest BCUT2D eigenvalue weighted by atomic mass is 10.2. The number of carbonyl (C=O) groups is 1. The van der Waals surface area contributed by atoms with Gasteiger partial charge in [-0.1, -0.05) is 17.7 Å². The Labute approximate surface area is 89.1 Å². The highest BCUT2D eigenvalue weighted by Gasteiger charge is 2.07. The van der Waals surface area contributed by atoms with Gasteiger partial charge in [-0.15, -0.1) is 0 Å². The van der Waals surface area contributed by atoms with Gasteiger partial charge in [0.2, 0.25) is 0 Å². The number of aromatic nitrogens is 1. The van der Waals surface area contributed by atoms with Gasteiger partial charge in [-0.05, 0) is 32.9 Å². The van der Waals surface area contributed by atoms with Gasteiger partial charge in [0.25, 0.3) is 6.47 Å². The third-order valence-electron chi connectivity index (χ3n) is 1.03. The van der Waals surface area contributed by atoms with E-state index in [1.165, 1.54) is 0 Å². The Morgan fingerprint density at radius 3 is 2.21 bits per heavy atom. The average Bonchev–Trinajstić information content (AvgIpc) is 2.04. The van der Waals surface area contributed by atoms with Crippen molar-refractivity contribution in [2.24, 2.45) is 0 Å². The van der Waals surface area contributed by atoms with Crippen LogP contribution in [0.4, 0.5) is 0 Å². The van der Waals surface area contributed by atoms with E-state index in [0.717, 1.165) is 0 Å². The van der Waals surface area contributed by atoms with E-state index in [2.05, 4.69) is 9.72 Å². The lowest BCUT2D eigenvalue weighted by molar-refractivity contribution is -0.138. The summed E-state index contributed by atoms with van der Waals surface area (Å²) < 4.78 is 4.55. The minimum Gasteiger partial charge on any atom is -0.462 e. The number of pyridine rings is 1. The molecule has 4 heteroatoms. The first-order chi connectivity index (χ1) is 6.45. The standard InChI is InChI=1S/C5H4ClN.C5H10O2/c6-5-3-1-2-4-7-5;1-5(2,3)7-4-6/h1-4H;4H,1-3H3. The average molecular weight is 216 g/mol. The fourth-order valence-corrected chi connectivity index (χ4v) is 0.615. The predicted octanol–water partition coefficient (Wildman–Crippen LogP) is 2.69. The Kier molecular flexibility index (Phi) is 5.88. The molecule has 0 saturated heterocycles. The molecule has 0 amide bonds. The van der Waals surface area contributed by atoms with Crippen molar-refractivity contribution in [1.82, 2.24) is 4.98 Å². The molecule has 14 heavy (non-hydrogen) atoms. The van der Waals surface area contributed by atoms with Crippen molar-refractivity contribution in [2.75, 3.05) is 0 Å². The molecule has 0 bridgehead atoms. The van der Waals surface area contributed by atoms with Crippen LogP contribution in [0.15, 0.2) is 24.4 Å². The molecule has 1 aromatic rings. The molecule has 0 aliphatic rings. The molecule has 3 nitrogen and oxygen atoms in total. The van der Waals surface area contributed by atoms with Gasteiger partial charge in [0.15, 0.2) is 0 Å². The van der Waals surface area contributed by atoms with E-state index in [0.29, 0.717) is 11.6 Å². The molecule has 1 rings (SSSR count). The predicted molar refractivity (Wildman–Crippen MR) is 56.1 cm³/mol. The zero-order valence-corrected chi connectivity index (χ0v) is 9.28. The van der Waals surface area contributed by atoms with Crippen molar-refractivity contribution in [3.05, 3.63) is 29.5 Å². The Morgan fingerprint density at radius 1 is 1.43 bits per heavy atom. The van der Waals surface area contributed by atoms with E-state index >= 15 is 0 Å². The van der Waals surface area contributed by atoms with Crippen LogP contribution in [0.3, 0.4) is 0 Å². The summed E-state index contributed by atoms with van der Waals surface area (Å²) in [4.78, 5) is 13.3. The largest absolute Gasteiger partial charge is 0.462 e. The smallest absolute Gasteiger partial charge is 0.293 e. The molecule has 0 aliphatic heterocycles. The van der Waals surface area contributed by atoms with Crippen LogP contribution in [0.1, 0.15) is 20.8 Å². The molecule has 0 aliphatic carbocycles. The first kappa shape index (κ1) is 12.9. The lowest BCUT2D eigenvalue weighted by Gasteiger charge is -2.14. The molecule has 78 valence electrons. The van der Waals surface area contributed by atoms with Crippen molar-refractivity contribution < 1.29 is 9.53 Å². The van der Waals surface area contributed by atoms with Gasteiger partial charge < -0.3 is 4.74 Å². The first-order valence-electron chi connectivity index (χ1n) is 4.13. The van der Waals surface area contributed by atoms with E-state index < -0.39 is 0 Å². The number of ether oxygens (including phenoxy) is 1. The molecular formula is C10H14ClNO2. The molecule has 0 saturated carbocycles. The van der Waals surface area contributed by atoms with Crippen molar-refractivity contribution in [2.45, 2.75) is 26.4 Å². The lowest BCUT2D eigenvalue weighted by Crippen LogP contribution is -2.17. The summed E-state index contributed by atoms with van der Waals surface area (Å²) in [6.07, 6.45) is 1.66. The highest BCUT2D eigenvalue weighted by Crippen LogP contribution is 2.02. The van der Waals surface area contributed by atoms with Crippen molar-refractivity contribution >= 4 is 18.1 Å². The maximum Gasteiger partial charge on any atom is 0.293 e. The third-order valence-corrected chi connectivity index (χ3v) is 1.25. The summed E-state index contributed by atoms with van der Waals surface area (Å²) in [5.41, 5.74) is -0.318. The molecule has 0 radical (unpaired) electrons. The number of nitrogens with zero attached hydrogens (tertiary/aromatic N) is 1. The van der Waals surface area contributed by atoms with E-state index in [1.54, 1.807) is 12.3 Å². The molecular weight excluding hydrogens is 202 g/mol. The summed E-state index contributed by atoms with van der Waals surface area (Å²) in [5.74, 6) is 0. The molecule has 1 aromatic heterocycles. The second-order valence-corrected chi connectivity index (χ2v) is 3.87. The van der Waals surface area contributed by atoms with Crippen molar-refractivity contribution in [3.8, 4) is 0 Å². The number of hydrogen-bond acceptors (Lipinski definition) is 3. The minimum atomic E-state index is -0.318. The molecule has 0 unspecified atom stereocenters. The number of rotatable bonds is 1. The Balaban J connectivity index is 0.000000241. The van der Waals surface area contributed by atoms with E-state index in [9.17, 15) is 4.79 Å². The van der Waals surface area contributed by atoms with Gasteiger partial charge in [0, 0.05) is 6.20 Å². The van der Waals surface area contributed by atoms with Crippen LogP contribution in [0.2, 0.25) is 5.15 Å². The number of hydrogen-bond donors (Lipinski definition) is 0. The molecule has 0 atom stereocenters. The van der Waals surface area contributed by atoms with Crippen LogP contribution in [0.5, 0.6) is 0 Å². The Morgan fingerprint density at radius 2 is 2.07 bits per heavy atom. The minimum absolute atomic E-state index is 0.318. The van der Waals surface area contributed by atoms with Gasteiger partial charge in [-0.3, -0.25) is 4.79 Å². The van der Waals surface area contributed by atoms with Gasteiger partial charge in [0.1, 0.15) is 10.8 Å². The summed E-state index contributed by atoms with van der Waals surface area (Å²) in [7, 11) is 0. The molecule has 1 heterocycles. The summed E-state index contributed by atoms with van der Waals surface area (Å²) in [6.45, 7) is 5.92. The van der Waals surface area contributed by atoms with Crippen molar-refractivity contribution in [1.29, 1.82) is 0 Å². The van der Waals surface area contributed by atoms with Crippen LogP contribution in [0.25, 0.3) is 0 Å². The molecule has 0 N–H and O–H groups in total. The highest BCUT2D eigenvalue weighted by atomic mass is 35.5. The van der Waals surface area contributed by atoms with Crippen LogP contribution >= 0.6 is 11.6 Å². The van der Waals surface area contributed by atoms with Crippen LogP contribution in [-0.2, 0) is 9.53 Å². The molecule has 0 spiro atoms. The van der Waals surface area contributed by atoms with Crippen molar-refractivity contribution in [3.63, 3.8) is 0 Å². The van der Waals surface area contributed by atoms with Crippen LogP contribution < -0.4 is 0 Å². The normalized spacial score (nSPS) is 9.71. The maximum atomic E-state index is 9.60. The second-order valence-electron chi connectivity index (χ2n) is 3.48. The quantitative estimate of drug-likeness (QED) is 0.534. The summed E-state index contributed by atoms with van der Waals surface area (Å²) >= 11 is 5.43. The maximum absolute atomic E-state index is 9.60. The van der Waals surface area contributed by atoms with Crippen LogP contribution in [0, 0.1) is 0 Å². The van der Waals surface area contributed by atoms with E-state index in [4.69, 9.17) is 11.6 Å². The zero-order chi connectivity index (χ0) is 11.0. The van der Waals surface area contributed by atoms with Gasteiger partial charge in [-0.25, -0.2) is 4.98 Å². The van der Waals surface area contributed by atoms with Crippen LogP contribution in [-0.4, -0.2) is 17.1 Å². The topological polar surface area (TPSA) is 39.2 Å². The molecule has 0 fully saturated rings. The summed E-state index contributed by atoms with van der Waals surface area (Å²) in [6, 6.07) is 5.41. The zero-order valence-electron chi connectivity index (χ0n) is 8.53. The SMILES string of the molecule is CC(C)(C)OC=O.Clc1ccccn1. The van der Waals surface area contributed by atoms with E-state index in [1.807, 2.05) is 32.9 Å². The monoisotopic (exact) mass is 215 g/mol. The van der Waals surface area contributed by atoms with E-state index in [-0.39, 0.29) is 5.60 Å². The fourth-order valence-electron chi connectivity index (χ4n) is 0.486. The van der Waals surface area contributed by atoms with Gasteiger partial charge in [0.05, 0.1) is 0 Å². The second kappa shape index (κ2) is 6.38. The highest BCUT2D eigenvalue weighted by molar-refractivity contribution is 6.29. The summed E-state index contributed by atoms with van der Waals surface area (Å²) in [5, 5.41) is 0.544. The molecule has 0 aromatic carbocycles. The Hall–Kier alpha value is -1.09. The number of carbonyl (C=O) groups excluding carboxylic acids is 1. The first-order valence-corrected chi connectivity index (χ1v) is 4.51. The third kappa shape index (κ3) is 9.00. The van der Waals surface area contributed by atoms with Gasteiger partial charge in [-0.2, -0.15) is 0 Å². The Bertz CT molecular complexity index is 257.